The van der Waals surface area contributed by atoms with Crippen LogP contribution in [0.15, 0.2) is 29.3 Å². The van der Waals surface area contributed by atoms with Gasteiger partial charge in [0.1, 0.15) is 0 Å². The molecule has 1 aromatic rings. The molecule has 0 aliphatic heterocycles. The Morgan fingerprint density at radius 2 is 2.12 bits per heavy atom. The van der Waals surface area contributed by atoms with Crippen molar-refractivity contribution in [3.05, 3.63) is 34.9 Å². The Labute approximate surface area is 165 Å². The zero-order valence-corrected chi connectivity index (χ0v) is 17.2. The van der Waals surface area contributed by atoms with Crippen LogP contribution in [0.3, 0.4) is 0 Å². The van der Waals surface area contributed by atoms with Crippen molar-refractivity contribution in [1.82, 2.24) is 10.6 Å². The number of carbonyl (C=O) groups is 1. The molecule has 5 nitrogen and oxygen atoms in total. The van der Waals surface area contributed by atoms with E-state index in [4.69, 9.17) is 11.6 Å². The van der Waals surface area contributed by atoms with Crippen molar-refractivity contribution >= 4 is 47.5 Å². The van der Waals surface area contributed by atoms with Crippen LogP contribution in [-0.2, 0) is 14.9 Å². The van der Waals surface area contributed by atoms with E-state index in [1.165, 1.54) is 12.7 Å². The highest BCUT2D eigenvalue weighted by molar-refractivity contribution is 14.0. The molecule has 24 heavy (non-hydrogen) atoms. The third kappa shape index (κ3) is 6.12. The molecular weight excluding hydrogens is 441 g/mol. The number of hydrogen-bond donors (Lipinski definition) is 2. The first-order valence-electron chi connectivity index (χ1n) is 7.95. The van der Waals surface area contributed by atoms with E-state index < -0.39 is 0 Å². The molecular formula is C17H25ClIN3O2. The maximum atomic E-state index is 11.2. The summed E-state index contributed by atoms with van der Waals surface area (Å²) in [6.45, 7) is 4.00. The number of guanidine groups is 1. The fourth-order valence-corrected chi connectivity index (χ4v) is 2.65. The smallest absolute Gasteiger partial charge is 0.307 e. The molecule has 1 aliphatic carbocycles. The number of ether oxygens (including phenoxy) is 1. The Morgan fingerprint density at radius 1 is 1.38 bits per heavy atom. The second-order valence-electron chi connectivity index (χ2n) is 5.74. The first-order chi connectivity index (χ1) is 11.1. The van der Waals surface area contributed by atoms with E-state index in [1.54, 1.807) is 0 Å². The average Bonchev–Trinajstić information content (AvgIpc) is 3.33. The van der Waals surface area contributed by atoms with E-state index in [0.717, 1.165) is 30.4 Å². The highest BCUT2D eigenvalue weighted by atomic mass is 127. The number of esters is 1. The number of nitrogens with one attached hydrogen (secondary N) is 2. The quantitative estimate of drug-likeness (QED) is 0.281. The summed E-state index contributed by atoms with van der Waals surface area (Å²) in [6, 6.07) is 8.03. The summed E-state index contributed by atoms with van der Waals surface area (Å²) in [5.74, 6) is 0.496. The van der Waals surface area contributed by atoms with Gasteiger partial charge in [0.2, 0.25) is 0 Å². The lowest BCUT2D eigenvalue weighted by molar-refractivity contribution is -0.140. The summed E-state index contributed by atoms with van der Waals surface area (Å²) in [7, 11) is 1.39. The second-order valence-corrected chi connectivity index (χ2v) is 6.18. The molecule has 2 rings (SSSR count). The molecule has 0 radical (unpaired) electrons. The van der Waals surface area contributed by atoms with Crippen molar-refractivity contribution in [2.24, 2.45) is 4.99 Å². The number of methoxy groups -OCH3 is 1. The zero-order valence-electron chi connectivity index (χ0n) is 14.1. The van der Waals surface area contributed by atoms with Crippen LogP contribution >= 0.6 is 35.6 Å². The lowest BCUT2D eigenvalue weighted by Crippen LogP contribution is -2.39. The lowest BCUT2D eigenvalue weighted by Gasteiger charge is -2.16. The third-order valence-corrected chi connectivity index (χ3v) is 4.26. The van der Waals surface area contributed by atoms with Crippen molar-refractivity contribution < 1.29 is 9.53 Å². The van der Waals surface area contributed by atoms with Crippen molar-refractivity contribution in [3.63, 3.8) is 0 Å². The molecule has 0 bridgehead atoms. The van der Waals surface area contributed by atoms with Crippen LogP contribution in [0, 0.1) is 0 Å². The number of halogens is 2. The normalized spacial score (nSPS) is 15.2. The number of rotatable bonds is 7. The van der Waals surface area contributed by atoms with Crippen LogP contribution in [0.4, 0.5) is 0 Å². The molecule has 0 amide bonds. The maximum Gasteiger partial charge on any atom is 0.307 e. The highest BCUT2D eigenvalue weighted by Gasteiger charge is 2.44. The van der Waals surface area contributed by atoms with Gasteiger partial charge in [0.05, 0.1) is 20.1 Å². The van der Waals surface area contributed by atoms with Gasteiger partial charge in [0.15, 0.2) is 5.96 Å². The fourth-order valence-electron chi connectivity index (χ4n) is 2.46. The second kappa shape index (κ2) is 10.1. The molecule has 7 heteroatoms. The molecule has 0 unspecified atom stereocenters. The van der Waals surface area contributed by atoms with Crippen LogP contribution in [0.1, 0.15) is 31.7 Å². The Morgan fingerprint density at radius 3 is 2.71 bits per heavy atom. The van der Waals surface area contributed by atoms with E-state index in [9.17, 15) is 4.79 Å². The molecule has 0 spiro atoms. The summed E-state index contributed by atoms with van der Waals surface area (Å²) in [5.41, 5.74) is 1.36. The summed E-state index contributed by atoms with van der Waals surface area (Å²) in [5, 5.41) is 7.12. The number of benzene rings is 1. The van der Waals surface area contributed by atoms with Gasteiger partial charge in [-0.15, -0.1) is 24.0 Å². The molecule has 2 N–H and O–H groups in total. The van der Waals surface area contributed by atoms with E-state index in [2.05, 4.69) is 26.4 Å². The van der Waals surface area contributed by atoms with Gasteiger partial charge in [-0.3, -0.25) is 9.79 Å². The Balaban J connectivity index is 0.00000288. The number of nitrogens with zero attached hydrogens (tertiary/aromatic N) is 1. The van der Waals surface area contributed by atoms with E-state index in [-0.39, 0.29) is 35.4 Å². The van der Waals surface area contributed by atoms with E-state index in [1.807, 2.05) is 25.1 Å². The van der Waals surface area contributed by atoms with Crippen LogP contribution in [0.25, 0.3) is 0 Å². The molecule has 0 atom stereocenters. The zero-order chi connectivity index (χ0) is 16.7. The van der Waals surface area contributed by atoms with Gasteiger partial charge in [-0.2, -0.15) is 0 Å². The van der Waals surface area contributed by atoms with Gasteiger partial charge >= 0.3 is 5.97 Å². The Kier molecular flexibility index (Phi) is 8.83. The molecule has 1 aliphatic rings. The van der Waals surface area contributed by atoms with E-state index in [0.29, 0.717) is 19.5 Å². The predicted octanol–water partition coefficient (Wildman–Crippen LogP) is 3.11. The Bertz CT molecular complexity index is 577. The van der Waals surface area contributed by atoms with Gasteiger partial charge in [-0.05, 0) is 37.5 Å². The third-order valence-electron chi connectivity index (χ3n) is 4.02. The van der Waals surface area contributed by atoms with Gasteiger partial charge < -0.3 is 15.4 Å². The average molecular weight is 466 g/mol. The van der Waals surface area contributed by atoms with Crippen LogP contribution in [0.5, 0.6) is 0 Å². The number of hydrogen-bond acceptors (Lipinski definition) is 3. The van der Waals surface area contributed by atoms with E-state index >= 15 is 0 Å². The largest absolute Gasteiger partial charge is 0.469 e. The lowest BCUT2D eigenvalue weighted by atomic mass is 9.96. The van der Waals surface area contributed by atoms with Crippen molar-refractivity contribution in [2.45, 2.75) is 31.6 Å². The van der Waals surface area contributed by atoms with Gasteiger partial charge in [0, 0.05) is 23.5 Å². The van der Waals surface area contributed by atoms with Gasteiger partial charge in [-0.25, -0.2) is 0 Å². The van der Waals surface area contributed by atoms with Gasteiger partial charge in [-0.1, -0.05) is 23.7 Å². The molecule has 0 saturated heterocycles. The summed E-state index contributed by atoms with van der Waals surface area (Å²) < 4.78 is 4.63. The minimum Gasteiger partial charge on any atom is -0.469 e. The Hall–Kier alpha value is -1.02. The fraction of sp³-hybridized carbons (Fsp3) is 0.529. The molecule has 0 aromatic heterocycles. The first kappa shape index (κ1) is 21.0. The molecule has 1 fully saturated rings. The standard InChI is InChI=1S/C17H24ClN3O2.HI/c1-3-19-16(20-10-7-15(22)23-2)21-12-17(8-9-17)13-5-4-6-14(18)11-13;/h4-6,11H,3,7-10,12H2,1-2H3,(H2,19,20,21);1H. The highest BCUT2D eigenvalue weighted by Crippen LogP contribution is 2.48. The summed E-state index contributed by atoms with van der Waals surface area (Å²) >= 11 is 6.10. The maximum absolute atomic E-state index is 11.2. The SMILES string of the molecule is CCNC(=NCC1(c2cccc(Cl)c2)CC1)NCCC(=O)OC.I. The molecule has 134 valence electrons. The van der Waals surface area contributed by atoms with Crippen molar-refractivity contribution in [3.8, 4) is 0 Å². The monoisotopic (exact) mass is 465 g/mol. The first-order valence-corrected chi connectivity index (χ1v) is 8.32. The molecule has 0 heterocycles. The molecule has 1 aromatic carbocycles. The van der Waals surface area contributed by atoms with Crippen molar-refractivity contribution in [1.29, 1.82) is 0 Å². The number of aliphatic imine (C=N–C) groups is 1. The minimum atomic E-state index is -0.231. The molecule has 1 saturated carbocycles. The van der Waals surface area contributed by atoms with Gasteiger partial charge in [0.25, 0.3) is 0 Å². The predicted molar refractivity (Wildman–Crippen MR) is 108 cm³/mol. The number of carbonyl (C=O) groups excluding carboxylic acids is 1. The summed E-state index contributed by atoms with van der Waals surface area (Å²) in [4.78, 5) is 15.8. The van der Waals surface area contributed by atoms with Crippen molar-refractivity contribution in [2.75, 3.05) is 26.7 Å². The van der Waals surface area contributed by atoms with Crippen LogP contribution < -0.4 is 10.6 Å². The van der Waals surface area contributed by atoms with Crippen LogP contribution in [0.2, 0.25) is 5.02 Å². The topological polar surface area (TPSA) is 62.7 Å². The van der Waals surface area contributed by atoms with Crippen LogP contribution in [-0.4, -0.2) is 38.7 Å². The summed E-state index contributed by atoms with van der Waals surface area (Å²) in [6.07, 6.45) is 2.57. The minimum absolute atomic E-state index is 0.